The standard InChI is InChI=1S/C20H18F3N5OS/c1-26-18(29)17-15(8-9-30-17)28-16(24-25-19(26)28)11-27(13-6-7-13)10-12-4-2-3-5-14(12)20(21,22)23/h2-5,8-9,13H,6-7,10-11H2,1H3. The Morgan fingerprint density at radius 1 is 1.17 bits per heavy atom. The number of benzene rings is 1. The zero-order valence-electron chi connectivity index (χ0n) is 16.1. The van der Waals surface area contributed by atoms with E-state index in [-0.39, 0.29) is 23.7 Å². The molecule has 0 radical (unpaired) electrons. The number of aryl methyl sites for hydroxylation is 1. The minimum absolute atomic E-state index is 0.135. The number of hydrogen-bond donors (Lipinski definition) is 0. The summed E-state index contributed by atoms with van der Waals surface area (Å²) in [6, 6.07) is 7.75. The van der Waals surface area contributed by atoms with Gasteiger partial charge >= 0.3 is 6.18 Å². The van der Waals surface area contributed by atoms with Crippen molar-refractivity contribution in [2.45, 2.75) is 38.1 Å². The molecule has 1 aliphatic carbocycles. The van der Waals surface area contributed by atoms with Crippen molar-refractivity contribution in [2.24, 2.45) is 7.05 Å². The van der Waals surface area contributed by atoms with Crippen molar-refractivity contribution in [1.82, 2.24) is 24.1 Å². The van der Waals surface area contributed by atoms with Gasteiger partial charge in [0.2, 0.25) is 5.78 Å². The Morgan fingerprint density at radius 2 is 1.93 bits per heavy atom. The van der Waals surface area contributed by atoms with Crippen LogP contribution in [0.4, 0.5) is 13.2 Å². The van der Waals surface area contributed by atoms with E-state index >= 15 is 0 Å². The Kier molecular flexibility index (Phi) is 4.44. The topological polar surface area (TPSA) is 55.4 Å². The summed E-state index contributed by atoms with van der Waals surface area (Å²) in [7, 11) is 1.65. The molecule has 1 saturated carbocycles. The molecule has 3 aromatic heterocycles. The van der Waals surface area contributed by atoms with Gasteiger partial charge in [0.25, 0.3) is 5.56 Å². The summed E-state index contributed by atoms with van der Waals surface area (Å²) < 4.78 is 44.2. The third-order valence-corrected chi connectivity index (χ3v) is 6.39. The lowest BCUT2D eigenvalue weighted by Crippen LogP contribution is -2.28. The van der Waals surface area contributed by atoms with E-state index in [1.165, 1.54) is 28.0 Å². The average molecular weight is 433 g/mol. The zero-order valence-corrected chi connectivity index (χ0v) is 16.9. The van der Waals surface area contributed by atoms with E-state index in [1.54, 1.807) is 13.1 Å². The molecule has 5 rings (SSSR count). The second-order valence-electron chi connectivity index (χ2n) is 7.54. The predicted molar refractivity (Wildman–Crippen MR) is 107 cm³/mol. The number of thiophene rings is 1. The van der Waals surface area contributed by atoms with Gasteiger partial charge in [0, 0.05) is 19.6 Å². The van der Waals surface area contributed by atoms with Crippen LogP contribution in [0.15, 0.2) is 40.5 Å². The van der Waals surface area contributed by atoms with Gasteiger partial charge in [-0.1, -0.05) is 18.2 Å². The first-order chi connectivity index (χ1) is 14.3. The second kappa shape index (κ2) is 6.92. The van der Waals surface area contributed by atoms with Crippen LogP contribution in [0, 0.1) is 0 Å². The highest BCUT2D eigenvalue weighted by atomic mass is 32.1. The highest BCUT2D eigenvalue weighted by Crippen LogP contribution is 2.35. The molecule has 1 fully saturated rings. The lowest BCUT2D eigenvalue weighted by molar-refractivity contribution is -0.138. The van der Waals surface area contributed by atoms with Gasteiger partial charge in [-0.15, -0.1) is 21.5 Å². The molecule has 1 aliphatic rings. The largest absolute Gasteiger partial charge is 0.416 e. The maximum atomic E-state index is 13.4. The van der Waals surface area contributed by atoms with Gasteiger partial charge in [-0.25, -0.2) is 0 Å². The Bertz CT molecular complexity index is 1300. The molecular formula is C20H18F3N5OS. The number of alkyl halides is 3. The molecule has 0 aliphatic heterocycles. The van der Waals surface area contributed by atoms with E-state index in [9.17, 15) is 18.0 Å². The van der Waals surface area contributed by atoms with Crippen LogP contribution in [-0.4, -0.2) is 30.1 Å². The van der Waals surface area contributed by atoms with Crippen LogP contribution in [0.3, 0.4) is 0 Å². The van der Waals surface area contributed by atoms with Gasteiger partial charge in [0.15, 0.2) is 5.82 Å². The fourth-order valence-corrected chi connectivity index (χ4v) is 4.70. The summed E-state index contributed by atoms with van der Waals surface area (Å²) >= 11 is 1.35. The highest BCUT2D eigenvalue weighted by Gasteiger charge is 2.36. The van der Waals surface area contributed by atoms with Crippen LogP contribution in [0.25, 0.3) is 16.0 Å². The maximum Gasteiger partial charge on any atom is 0.416 e. The monoisotopic (exact) mass is 433 g/mol. The van der Waals surface area contributed by atoms with Crippen LogP contribution < -0.4 is 5.56 Å². The third-order valence-electron chi connectivity index (χ3n) is 5.50. The number of aromatic nitrogens is 4. The average Bonchev–Trinajstić information content (AvgIpc) is 3.29. The molecule has 0 unspecified atom stereocenters. The van der Waals surface area contributed by atoms with Gasteiger partial charge in [0.1, 0.15) is 4.70 Å². The van der Waals surface area contributed by atoms with Crippen molar-refractivity contribution in [3.05, 3.63) is 63.0 Å². The molecule has 1 aromatic carbocycles. The van der Waals surface area contributed by atoms with E-state index in [0.717, 1.165) is 24.4 Å². The molecule has 6 nitrogen and oxygen atoms in total. The van der Waals surface area contributed by atoms with E-state index in [2.05, 4.69) is 10.2 Å². The molecule has 4 aromatic rings. The van der Waals surface area contributed by atoms with Crippen molar-refractivity contribution in [3.63, 3.8) is 0 Å². The first kappa shape index (κ1) is 19.3. The van der Waals surface area contributed by atoms with E-state index < -0.39 is 11.7 Å². The van der Waals surface area contributed by atoms with Gasteiger partial charge in [-0.3, -0.25) is 18.7 Å². The first-order valence-corrected chi connectivity index (χ1v) is 10.4. The predicted octanol–water partition coefficient (Wildman–Crippen LogP) is 3.83. The molecular weight excluding hydrogens is 415 g/mol. The van der Waals surface area contributed by atoms with Crippen LogP contribution in [0.5, 0.6) is 0 Å². The normalized spacial score (nSPS) is 15.0. The molecule has 0 spiro atoms. The first-order valence-electron chi connectivity index (χ1n) is 9.54. The zero-order chi connectivity index (χ0) is 21.0. The summed E-state index contributed by atoms with van der Waals surface area (Å²) in [6.07, 6.45) is -2.51. The second-order valence-corrected chi connectivity index (χ2v) is 8.46. The summed E-state index contributed by atoms with van der Waals surface area (Å²) in [6.45, 7) is 0.523. The number of nitrogens with zero attached hydrogens (tertiary/aromatic N) is 5. The van der Waals surface area contributed by atoms with Crippen LogP contribution in [-0.2, 0) is 26.3 Å². The molecule has 10 heteroatoms. The van der Waals surface area contributed by atoms with Gasteiger partial charge in [0.05, 0.1) is 17.6 Å². The quantitative estimate of drug-likeness (QED) is 0.480. The van der Waals surface area contributed by atoms with Crippen molar-refractivity contribution < 1.29 is 13.2 Å². The minimum Gasteiger partial charge on any atom is -0.289 e. The molecule has 156 valence electrons. The Morgan fingerprint density at radius 3 is 2.67 bits per heavy atom. The number of fused-ring (bicyclic) bond motifs is 3. The summed E-state index contributed by atoms with van der Waals surface area (Å²) in [5, 5.41) is 10.3. The summed E-state index contributed by atoms with van der Waals surface area (Å²) in [4.78, 5) is 14.5. The number of halogens is 3. The smallest absolute Gasteiger partial charge is 0.289 e. The third kappa shape index (κ3) is 3.20. The molecule has 0 saturated heterocycles. The fourth-order valence-electron chi connectivity index (χ4n) is 3.84. The van der Waals surface area contributed by atoms with Gasteiger partial charge < -0.3 is 0 Å². The van der Waals surface area contributed by atoms with Crippen molar-refractivity contribution in [2.75, 3.05) is 0 Å². The fraction of sp³-hybridized carbons (Fsp3) is 0.350. The Hall–Kier alpha value is -2.72. The minimum atomic E-state index is -4.39. The van der Waals surface area contributed by atoms with E-state index in [4.69, 9.17) is 0 Å². The molecule has 0 atom stereocenters. The summed E-state index contributed by atoms with van der Waals surface area (Å²) in [5.74, 6) is 1.03. The lowest BCUT2D eigenvalue weighted by atomic mass is 10.1. The molecule has 3 heterocycles. The Balaban J connectivity index is 1.55. The molecule has 0 bridgehead atoms. The molecule has 30 heavy (non-hydrogen) atoms. The van der Waals surface area contributed by atoms with Crippen LogP contribution in [0.2, 0.25) is 0 Å². The van der Waals surface area contributed by atoms with E-state index in [0.29, 0.717) is 22.8 Å². The van der Waals surface area contributed by atoms with Gasteiger partial charge in [-0.2, -0.15) is 13.2 Å². The van der Waals surface area contributed by atoms with Crippen LogP contribution in [0.1, 0.15) is 29.8 Å². The highest BCUT2D eigenvalue weighted by molar-refractivity contribution is 7.17. The van der Waals surface area contributed by atoms with Crippen molar-refractivity contribution in [3.8, 4) is 0 Å². The van der Waals surface area contributed by atoms with Crippen molar-refractivity contribution in [1.29, 1.82) is 0 Å². The van der Waals surface area contributed by atoms with Crippen molar-refractivity contribution >= 4 is 27.3 Å². The Labute approximate surface area is 173 Å². The van der Waals surface area contributed by atoms with Crippen LogP contribution >= 0.6 is 11.3 Å². The molecule has 0 amide bonds. The number of hydrogen-bond acceptors (Lipinski definition) is 5. The number of rotatable bonds is 5. The van der Waals surface area contributed by atoms with E-state index in [1.807, 2.05) is 20.7 Å². The maximum absolute atomic E-state index is 13.4. The van der Waals surface area contributed by atoms with Gasteiger partial charge in [-0.05, 0) is 35.9 Å². The lowest BCUT2D eigenvalue weighted by Gasteiger charge is -2.23. The molecule has 0 N–H and O–H groups in total. The summed E-state index contributed by atoms with van der Waals surface area (Å²) in [5.41, 5.74) is 0.234. The SMILES string of the molecule is Cn1c(=O)c2sccc2n2c(CN(Cc3ccccc3C(F)(F)F)C3CC3)nnc12.